The Labute approximate surface area is 182 Å². The van der Waals surface area contributed by atoms with Crippen molar-refractivity contribution < 1.29 is 34.0 Å². The lowest BCUT2D eigenvalue weighted by atomic mass is 10.0. The van der Waals surface area contributed by atoms with E-state index in [4.69, 9.17) is 19.9 Å². The molecule has 0 radical (unpaired) electrons. The van der Waals surface area contributed by atoms with E-state index in [0.29, 0.717) is 11.3 Å². The van der Waals surface area contributed by atoms with E-state index in [1.807, 2.05) is 0 Å². The number of para-hydroxylation sites is 1. The number of aliphatic hydroxyl groups is 1. The SMILES string of the molecule is CC(C)(C)OC(=O)N(c1ccccc1C[C@H](N)C(=O)O)[C@@H]1C[C@H](O)[C@H]2OC(C)(C)O[C@H]21. The number of aliphatic carboxylic acids is 1. The third kappa shape index (κ3) is 5.17. The highest BCUT2D eigenvalue weighted by molar-refractivity contribution is 5.90. The average molecular weight is 437 g/mol. The zero-order valence-corrected chi connectivity index (χ0v) is 18.6. The van der Waals surface area contributed by atoms with Crippen LogP contribution in [-0.2, 0) is 25.4 Å². The highest BCUT2D eigenvalue weighted by Crippen LogP contribution is 2.42. The number of hydrogen-bond donors (Lipinski definition) is 3. The third-order valence-corrected chi connectivity index (χ3v) is 5.34. The van der Waals surface area contributed by atoms with Crippen molar-refractivity contribution in [3.8, 4) is 0 Å². The summed E-state index contributed by atoms with van der Waals surface area (Å²) in [7, 11) is 0. The molecule has 0 unspecified atom stereocenters. The van der Waals surface area contributed by atoms with Crippen LogP contribution in [0.3, 0.4) is 0 Å². The van der Waals surface area contributed by atoms with Crippen molar-refractivity contribution in [1.82, 2.24) is 0 Å². The van der Waals surface area contributed by atoms with Gasteiger partial charge in [-0.1, -0.05) is 18.2 Å². The van der Waals surface area contributed by atoms with Crippen LogP contribution in [0.5, 0.6) is 0 Å². The molecule has 1 aromatic rings. The number of carboxylic acids is 1. The molecule has 3 rings (SSSR count). The molecule has 2 aliphatic rings. The number of anilines is 1. The Hall–Kier alpha value is -2.20. The molecule has 5 atom stereocenters. The standard InChI is InChI=1S/C22H32N2O7/c1-21(2,3)31-20(28)24(14-9-7-6-8-12(14)10-13(23)19(26)27)15-11-16(25)18-17(15)29-22(4,5)30-18/h6-9,13,15-18,25H,10-11,23H2,1-5H3,(H,26,27)/t13-,15+,16-,17-,18+/m0/s1. The van der Waals surface area contributed by atoms with Crippen LogP contribution in [0, 0.1) is 0 Å². The summed E-state index contributed by atoms with van der Waals surface area (Å²) >= 11 is 0. The van der Waals surface area contributed by atoms with E-state index >= 15 is 0 Å². The topological polar surface area (TPSA) is 132 Å². The van der Waals surface area contributed by atoms with E-state index in [9.17, 15) is 19.8 Å². The minimum absolute atomic E-state index is 0.0248. The maximum absolute atomic E-state index is 13.4. The Morgan fingerprint density at radius 3 is 2.48 bits per heavy atom. The molecule has 4 N–H and O–H groups in total. The van der Waals surface area contributed by atoms with E-state index in [2.05, 4.69) is 0 Å². The Kier molecular flexibility index (Phi) is 6.35. The summed E-state index contributed by atoms with van der Waals surface area (Å²) < 4.78 is 17.6. The van der Waals surface area contributed by atoms with E-state index in [-0.39, 0.29) is 12.8 Å². The normalized spacial score (nSPS) is 28.1. The number of aliphatic hydroxyl groups excluding tert-OH is 1. The summed E-state index contributed by atoms with van der Waals surface area (Å²) in [6.07, 6.45) is -2.34. The zero-order valence-electron chi connectivity index (χ0n) is 18.6. The molecule has 1 amide bonds. The summed E-state index contributed by atoms with van der Waals surface area (Å²) in [5, 5.41) is 19.9. The Morgan fingerprint density at radius 2 is 1.87 bits per heavy atom. The fourth-order valence-electron chi connectivity index (χ4n) is 4.15. The van der Waals surface area contributed by atoms with Crippen molar-refractivity contribution in [3.63, 3.8) is 0 Å². The quantitative estimate of drug-likeness (QED) is 0.639. The summed E-state index contributed by atoms with van der Waals surface area (Å²) in [5.74, 6) is -2.04. The minimum Gasteiger partial charge on any atom is -0.480 e. The summed E-state index contributed by atoms with van der Waals surface area (Å²) in [6, 6.07) is 5.25. The van der Waals surface area contributed by atoms with Crippen LogP contribution in [-0.4, -0.2) is 64.1 Å². The molecule has 31 heavy (non-hydrogen) atoms. The van der Waals surface area contributed by atoms with Crippen molar-refractivity contribution >= 4 is 17.7 Å². The van der Waals surface area contributed by atoms with Crippen molar-refractivity contribution in [2.45, 2.75) is 89.2 Å². The molecule has 172 valence electrons. The van der Waals surface area contributed by atoms with Gasteiger partial charge in [-0.25, -0.2) is 4.79 Å². The summed E-state index contributed by atoms with van der Waals surface area (Å²) in [6.45, 7) is 8.80. The molecule has 9 heteroatoms. The first-order valence-electron chi connectivity index (χ1n) is 10.4. The number of nitrogens with two attached hydrogens (primary N) is 1. The Balaban J connectivity index is 2.03. The molecule has 1 saturated heterocycles. The van der Waals surface area contributed by atoms with E-state index in [0.717, 1.165) is 0 Å². The van der Waals surface area contributed by atoms with Crippen LogP contribution in [0.1, 0.15) is 46.6 Å². The van der Waals surface area contributed by atoms with Gasteiger partial charge in [-0.3, -0.25) is 9.69 Å². The number of hydrogen-bond acceptors (Lipinski definition) is 7. The van der Waals surface area contributed by atoms with Gasteiger partial charge in [0.05, 0.1) is 17.8 Å². The van der Waals surface area contributed by atoms with Gasteiger partial charge in [0.25, 0.3) is 0 Å². The van der Waals surface area contributed by atoms with Crippen LogP contribution in [0.15, 0.2) is 24.3 Å². The number of benzene rings is 1. The molecule has 1 aliphatic heterocycles. The molecule has 9 nitrogen and oxygen atoms in total. The predicted molar refractivity (Wildman–Crippen MR) is 113 cm³/mol. The lowest BCUT2D eigenvalue weighted by molar-refractivity contribution is -0.163. The zero-order chi connectivity index (χ0) is 23.1. The number of fused-ring (bicyclic) bond motifs is 1. The first-order valence-corrected chi connectivity index (χ1v) is 10.4. The van der Waals surface area contributed by atoms with Crippen LogP contribution < -0.4 is 10.6 Å². The monoisotopic (exact) mass is 436 g/mol. The van der Waals surface area contributed by atoms with Gasteiger partial charge in [0.1, 0.15) is 23.9 Å². The molecule has 1 aliphatic carbocycles. The van der Waals surface area contributed by atoms with Crippen molar-refractivity contribution in [3.05, 3.63) is 29.8 Å². The first kappa shape index (κ1) is 23.5. The number of carbonyl (C=O) groups excluding carboxylic acids is 1. The second-order valence-corrected chi connectivity index (χ2v) is 9.56. The maximum atomic E-state index is 13.4. The molecule has 1 aromatic carbocycles. The first-order chi connectivity index (χ1) is 14.3. The molecule has 1 saturated carbocycles. The maximum Gasteiger partial charge on any atom is 0.415 e. The second kappa shape index (κ2) is 8.38. The molecule has 0 aromatic heterocycles. The largest absolute Gasteiger partial charge is 0.480 e. The van der Waals surface area contributed by atoms with Gasteiger partial charge >= 0.3 is 12.1 Å². The van der Waals surface area contributed by atoms with Crippen LogP contribution >= 0.6 is 0 Å². The Bertz CT molecular complexity index is 835. The molecule has 0 spiro atoms. The van der Waals surface area contributed by atoms with Gasteiger partial charge in [-0.2, -0.15) is 0 Å². The predicted octanol–water partition coefficient (Wildman–Crippen LogP) is 2.04. The number of carboxylic acid groups (broad SMARTS) is 1. The molecule has 2 fully saturated rings. The lowest BCUT2D eigenvalue weighted by Crippen LogP contribution is -2.49. The van der Waals surface area contributed by atoms with E-state index in [1.54, 1.807) is 58.9 Å². The van der Waals surface area contributed by atoms with Gasteiger partial charge in [0, 0.05) is 6.42 Å². The van der Waals surface area contributed by atoms with Gasteiger partial charge < -0.3 is 30.2 Å². The van der Waals surface area contributed by atoms with Crippen LogP contribution in [0.2, 0.25) is 0 Å². The van der Waals surface area contributed by atoms with E-state index in [1.165, 1.54) is 4.90 Å². The highest BCUT2D eigenvalue weighted by Gasteiger charge is 2.56. The summed E-state index contributed by atoms with van der Waals surface area (Å²) in [4.78, 5) is 26.1. The van der Waals surface area contributed by atoms with Gasteiger partial charge in [-0.15, -0.1) is 0 Å². The molecule has 0 bridgehead atoms. The van der Waals surface area contributed by atoms with Crippen LogP contribution in [0.4, 0.5) is 10.5 Å². The van der Waals surface area contributed by atoms with Crippen molar-refractivity contribution in [2.75, 3.05) is 4.90 Å². The number of ether oxygens (including phenoxy) is 3. The fraction of sp³-hybridized carbons (Fsp3) is 0.636. The van der Waals surface area contributed by atoms with E-state index < -0.39 is 53.8 Å². The van der Waals surface area contributed by atoms with Gasteiger partial charge in [0.2, 0.25) is 0 Å². The summed E-state index contributed by atoms with van der Waals surface area (Å²) in [5.41, 5.74) is 6.07. The average Bonchev–Trinajstić information content (AvgIpc) is 3.09. The minimum atomic E-state index is -1.13. The highest BCUT2D eigenvalue weighted by atomic mass is 16.8. The number of amides is 1. The number of rotatable bonds is 5. The van der Waals surface area contributed by atoms with Crippen molar-refractivity contribution in [2.24, 2.45) is 5.73 Å². The molecular formula is C22H32N2O7. The number of nitrogens with zero attached hydrogens (tertiary/aromatic N) is 1. The van der Waals surface area contributed by atoms with Crippen LogP contribution in [0.25, 0.3) is 0 Å². The smallest absolute Gasteiger partial charge is 0.415 e. The van der Waals surface area contributed by atoms with Gasteiger partial charge in [0.15, 0.2) is 5.79 Å². The van der Waals surface area contributed by atoms with Crippen molar-refractivity contribution in [1.29, 1.82) is 0 Å². The third-order valence-electron chi connectivity index (χ3n) is 5.34. The lowest BCUT2D eigenvalue weighted by Gasteiger charge is -2.35. The second-order valence-electron chi connectivity index (χ2n) is 9.56. The fourth-order valence-corrected chi connectivity index (χ4v) is 4.15. The molecular weight excluding hydrogens is 404 g/mol. The molecule has 1 heterocycles. The van der Waals surface area contributed by atoms with Gasteiger partial charge in [-0.05, 0) is 52.7 Å². The Morgan fingerprint density at radius 1 is 1.26 bits per heavy atom. The number of carbonyl (C=O) groups is 2.